The van der Waals surface area contributed by atoms with E-state index in [1.165, 1.54) is 19.1 Å². The number of carbonyl (C=O) groups is 1. The highest BCUT2D eigenvalue weighted by Crippen LogP contribution is 2.10. The van der Waals surface area contributed by atoms with Crippen molar-refractivity contribution in [1.29, 1.82) is 0 Å². The molecular weight excluding hydrogens is 336 g/mol. The lowest BCUT2D eigenvalue weighted by Gasteiger charge is -2.14. The molecule has 23 heavy (non-hydrogen) atoms. The Labute approximate surface area is 140 Å². The summed E-state index contributed by atoms with van der Waals surface area (Å²) in [6.07, 6.45) is 0. The molecule has 0 radical (unpaired) electrons. The van der Waals surface area contributed by atoms with Crippen LogP contribution in [0, 0.1) is 0 Å². The Morgan fingerprint density at radius 2 is 1.70 bits per heavy atom. The molecule has 0 aliphatic heterocycles. The van der Waals surface area contributed by atoms with Gasteiger partial charge in [0.25, 0.3) is 0 Å². The average Bonchev–Trinajstić information content (AvgIpc) is 2.54. The van der Waals surface area contributed by atoms with Crippen molar-refractivity contribution in [1.82, 2.24) is 10.0 Å². The van der Waals surface area contributed by atoms with Crippen LogP contribution >= 0.6 is 11.6 Å². The Balaban J connectivity index is 1.93. The van der Waals surface area contributed by atoms with Gasteiger partial charge in [-0.25, -0.2) is 8.42 Å². The summed E-state index contributed by atoms with van der Waals surface area (Å²) in [7, 11) is -3.72. The summed E-state index contributed by atoms with van der Waals surface area (Å²) in [4.78, 5) is 12.2. The van der Waals surface area contributed by atoms with Crippen LogP contribution in [0.15, 0.2) is 59.5 Å². The summed E-state index contributed by atoms with van der Waals surface area (Å²) in [5.41, 5.74) is 0.876. The van der Waals surface area contributed by atoms with Gasteiger partial charge in [0.2, 0.25) is 15.9 Å². The van der Waals surface area contributed by atoms with Crippen LogP contribution in [-0.4, -0.2) is 20.4 Å². The van der Waals surface area contributed by atoms with Crippen LogP contribution in [0.4, 0.5) is 0 Å². The van der Waals surface area contributed by atoms with Crippen molar-refractivity contribution in [3.05, 3.63) is 65.2 Å². The second-order valence-electron chi connectivity index (χ2n) is 5.00. The van der Waals surface area contributed by atoms with Crippen molar-refractivity contribution >= 4 is 27.5 Å². The molecule has 0 aliphatic carbocycles. The first kappa shape index (κ1) is 17.5. The summed E-state index contributed by atoms with van der Waals surface area (Å²) < 4.78 is 26.7. The van der Waals surface area contributed by atoms with E-state index in [2.05, 4.69) is 10.0 Å². The zero-order chi connectivity index (χ0) is 16.9. The minimum Gasteiger partial charge on any atom is -0.351 e. The van der Waals surface area contributed by atoms with E-state index < -0.39 is 22.0 Å². The fourth-order valence-corrected chi connectivity index (χ4v) is 3.25. The molecule has 122 valence electrons. The molecular formula is C16H17ClN2O3S. The van der Waals surface area contributed by atoms with Gasteiger partial charge in [-0.2, -0.15) is 4.72 Å². The number of carbonyl (C=O) groups excluding carboxylic acids is 1. The molecule has 0 heterocycles. The van der Waals surface area contributed by atoms with Crippen molar-refractivity contribution < 1.29 is 13.2 Å². The monoisotopic (exact) mass is 352 g/mol. The highest BCUT2D eigenvalue weighted by molar-refractivity contribution is 7.89. The van der Waals surface area contributed by atoms with Gasteiger partial charge >= 0.3 is 0 Å². The molecule has 2 aromatic rings. The van der Waals surface area contributed by atoms with Crippen LogP contribution in [0.1, 0.15) is 12.5 Å². The van der Waals surface area contributed by atoms with Crippen LogP contribution in [0.2, 0.25) is 5.02 Å². The zero-order valence-electron chi connectivity index (χ0n) is 12.5. The lowest BCUT2D eigenvalue weighted by molar-refractivity contribution is -0.122. The van der Waals surface area contributed by atoms with Gasteiger partial charge in [-0.05, 0) is 36.8 Å². The molecule has 0 spiro atoms. The van der Waals surface area contributed by atoms with Gasteiger partial charge in [-0.15, -0.1) is 0 Å². The molecule has 0 saturated heterocycles. The molecule has 0 fully saturated rings. The third-order valence-corrected chi connectivity index (χ3v) is 4.97. The maximum atomic E-state index is 12.2. The molecule has 0 bridgehead atoms. The second kappa shape index (κ2) is 7.59. The molecule has 0 aromatic heterocycles. The molecule has 5 nitrogen and oxygen atoms in total. The molecule has 1 unspecified atom stereocenters. The van der Waals surface area contributed by atoms with Crippen molar-refractivity contribution in [3.8, 4) is 0 Å². The number of sulfonamides is 1. The van der Waals surface area contributed by atoms with Gasteiger partial charge in [0.05, 0.1) is 10.9 Å². The van der Waals surface area contributed by atoms with E-state index in [4.69, 9.17) is 11.6 Å². The van der Waals surface area contributed by atoms with Crippen molar-refractivity contribution in [3.63, 3.8) is 0 Å². The summed E-state index contributed by atoms with van der Waals surface area (Å²) in [6.45, 7) is 1.80. The Kier molecular flexibility index (Phi) is 5.76. The van der Waals surface area contributed by atoms with E-state index in [9.17, 15) is 13.2 Å². The third kappa shape index (κ3) is 5.06. The van der Waals surface area contributed by atoms with Crippen molar-refractivity contribution in [2.45, 2.75) is 24.4 Å². The molecule has 2 N–H and O–H groups in total. The standard InChI is InChI=1S/C16H17ClN2O3S/c1-12(19-23(21,22)15-5-3-2-4-6-15)16(20)18-11-13-7-9-14(17)10-8-13/h2-10,12,19H,11H2,1H3,(H,18,20). The Bertz CT molecular complexity index is 762. The summed E-state index contributed by atoms with van der Waals surface area (Å²) in [6, 6.07) is 14.1. The summed E-state index contributed by atoms with van der Waals surface area (Å²) in [5.74, 6) is -0.403. The first-order chi connectivity index (χ1) is 10.9. The lowest BCUT2D eigenvalue weighted by atomic mass is 10.2. The number of amides is 1. The van der Waals surface area contributed by atoms with E-state index in [1.807, 2.05) is 0 Å². The van der Waals surface area contributed by atoms with Crippen LogP contribution in [-0.2, 0) is 21.4 Å². The predicted molar refractivity (Wildman–Crippen MR) is 89.5 cm³/mol. The highest BCUT2D eigenvalue weighted by Gasteiger charge is 2.21. The maximum absolute atomic E-state index is 12.2. The number of hydrogen-bond donors (Lipinski definition) is 2. The first-order valence-corrected chi connectivity index (χ1v) is 8.84. The third-order valence-electron chi connectivity index (χ3n) is 3.16. The topological polar surface area (TPSA) is 75.3 Å². The van der Waals surface area contributed by atoms with Gasteiger partial charge in [0.15, 0.2) is 0 Å². The molecule has 7 heteroatoms. The molecule has 0 aliphatic rings. The quantitative estimate of drug-likeness (QED) is 0.837. The second-order valence-corrected chi connectivity index (χ2v) is 7.15. The maximum Gasteiger partial charge on any atom is 0.241 e. The van der Waals surface area contributed by atoms with Gasteiger partial charge < -0.3 is 5.32 Å². The van der Waals surface area contributed by atoms with Gasteiger partial charge in [0.1, 0.15) is 0 Å². The highest BCUT2D eigenvalue weighted by atomic mass is 35.5. The van der Waals surface area contributed by atoms with E-state index in [0.29, 0.717) is 11.6 Å². The molecule has 2 aromatic carbocycles. The van der Waals surface area contributed by atoms with Gasteiger partial charge in [0, 0.05) is 11.6 Å². The van der Waals surface area contributed by atoms with E-state index in [-0.39, 0.29) is 4.90 Å². The van der Waals surface area contributed by atoms with Crippen LogP contribution in [0.5, 0.6) is 0 Å². The molecule has 1 amide bonds. The van der Waals surface area contributed by atoms with Crippen LogP contribution in [0.3, 0.4) is 0 Å². The van der Waals surface area contributed by atoms with Crippen molar-refractivity contribution in [2.75, 3.05) is 0 Å². The first-order valence-electron chi connectivity index (χ1n) is 6.98. The van der Waals surface area contributed by atoms with Crippen LogP contribution in [0.25, 0.3) is 0 Å². The van der Waals surface area contributed by atoms with E-state index >= 15 is 0 Å². The zero-order valence-corrected chi connectivity index (χ0v) is 14.1. The van der Waals surface area contributed by atoms with E-state index in [0.717, 1.165) is 5.56 Å². The minimum absolute atomic E-state index is 0.123. The minimum atomic E-state index is -3.72. The number of hydrogen-bond acceptors (Lipinski definition) is 3. The van der Waals surface area contributed by atoms with Crippen molar-refractivity contribution in [2.24, 2.45) is 0 Å². The van der Waals surface area contributed by atoms with Gasteiger partial charge in [-0.1, -0.05) is 41.9 Å². The van der Waals surface area contributed by atoms with E-state index in [1.54, 1.807) is 42.5 Å². The molecule has 1 atom stereocenters. The normalized spacial score (nSPS) is 12.6. The largest absolute Gasteiger partial charge is 0.351 e. The number of benzene rings is 2. The SMILES string of the molecule is CC(NS(=O)(=O)c1ccccc1)C(=O)NCc1ccc(Cl)cc1. The summed E-state index contributed by atoms with van der Waals surface area (Å²) >= 11 is 5.79. The summed E-state index contributed by atoms with van der Waals surface area (Å²) in [5, 5.41) is 3.30. The molecule has 0 saturated carbocycles. The fourth-order valence-electron chi connectivity index (χ4n) is 1.90. The number of nitrogens with one attached hydrogen (secondary N) is 2. The molecule has 2 rings (SSSR count). The average molecular weight is 353 g/mol. The lowest BCUT2D eigenvalue weighted by Crippen LogP contribution is -2.44. The fraction of sp³-hybridized carbons (Fsp3) is 0.188. The Morgan fingerprint density at radius 1 is 1.09 bits per heavy atom. The Hall–Kier alpha value is -1.89. The number of halogens is 1. The predicted octanol–water partition coefficient (Wildman–Crippen LogP) is 2.32. The smallest absolute Gasteiger partial charge is 0.241 e. The van der Waals surface area contributed by atoms with Gasteiger partial charge in [-0.3, -0.25) is 4.79 Å². The number of rotatable bonds is 6. The Morgan fingerprint density at radius 3 is 2.30 bits per heavy atom. The van der Waals surface area contributed by atoms with Crippen LogP contribution < -0.4 is 10.0 Å².